The molecule has 25 heavy (non-hydrogen) atoms. The van der Waals surface area contributed by atoms with Gasteiger partial charge in [0, 0.05) is 37.3 Å². The smallest absolute Gasteiger partial charge is 0.307 e. The first kappa shape index (κ1) is 16.6. The highest BCUT2D eigenvalue weighted by molar-refractivity contribution is 5.88. The summed E-state index contributed by atoms with van der Waals surface area (Å²) in [4.78, 5) is 26.9. The molecular weight excluding hydrogens is 322 g/mol. The molecule has 1 aromatic heterocycles. The molecule has 0 unspecified atom stereocenters. The van der Waals surface area contributed by atoms with Gasteiger partial charge in [-0.15, -0.1) is 0 Å². The standard InChI is InChI=1S/C18H25N3O4/c1-2-21-15-5-8-20(10-12(15)14(11-22)19-21)17(24)13-9-16(23)25-18(13)6-3-4-7-18/h13,22H,2-11H2,1H3/t13-/m0/s1. The number of aliphatic hydroxyl groups is 1. The average Bonchev–Trinajstić information content (AvgIpc) is 3.31. The van der Waals surface area contributed by atoms with Crippen LogP contribution in [0.1, 0.15) is 56.0 Å². The van der Waals surface area contributed by atoms with E-state index in [1.165, 1.54) is 0 Å². The Balaban J connectivity index is 1.58. The summed E-state index contributed by atoms with van der Waals surface area (Å²) in [6, 6.07) is 0. The van der Waals surface area contributed by atoms with Gasteiger partial charge in [0.15, 0.2) is 0 Å². The van der Waals surface area contributed by atoms with Crippen molar-refractivity contribution >= 4 is 11.9 Å². The molecule has 7 nitrogen and oxygen atoms in total. The molecule has 1 atom stereocenters. The Morgan fingerprint density at radius 3 is 2.84 bits per heavy atom. The summed E-state index contributed by atoms with van der Waals surface area (Å²) in [6.07, 6.45) is 4.55. The topological polar surface area (TPSA) is 84.7 Å². The molecule has 7 heteroatoms. The summed E-state index contributed by atoms with van der Waals surface area (Å²) in [7, 11) is 0. The Bertz CT molecular complexity index is 705. The van der Waals surface area contributed by atoms with Gasteiger partial charge in [-0.3, -0.25) is 14.3 Å². The second kappa shape index (κ2) is 6.12. The fourth-order valence-electron chi connectivity index (χ4n) is 4.79. The number of aliphatic hydroxyl groups excluding tert-OH is 1. The fourth-order valence-corrected chi connectivity index (χ4v) is 4.79. The number of amides is 1. The number of rotatable bonds is 3. The van der Waals surface area contributed by atoms with Crippen LogP contribution in [0.15, 0.2) is 0 Å². The number of hydrogen-bond acceptors (Lipinski definition) is 5. The Labute approximate surface area is 146 Å². The van der Waals surface area contributed by atoms with Crippen LogP contribution in [0, 0.1) is 5.92 Å². The number of carbonyl (C=O) groups is 2. The Morgan fingerprint density at radius 2 is 2.16 bits per heavy atom. The number of esters is 1. The number of aromatic nitrogens is 2. The van der Waals surface area contributed by atoms with Crippen molar-refractivity contribution in [1.82, 2.24) is 14.7 Å². The van der Waals surface area contributed by atoms with Crippen molar-refractivity contribution in [3.63, 3.8) is 0 Å². The van der Waals surface area contributed by atoms with E-state index in [1.54, 1.807) is 0 Å². The molecule has 3 heterocycles. The van der Waals surface area contributed by atoms with E-state index < -0.39 is 5.60 Å². The molecule has 4 rings (SSSR count). The van der Waals surface area contributed by atoms with Gasteiger partial charge in [0.05, 0.1) is 24.6 Å². The zero-order chi connectivity index (χ0) is 17.6. The van der Waals surface area contributed by atoms with Gasteiger partial charge in [0.25, 0.3) is 0 Å². The van der Waals surface area contributed by atoms with Crippen molar-refractivity contribution in [3.05, 3.63) is 17.0 Å². The number of ether oxygens (including phenoxy) is 1. The van der Waals surface area contributed by atoms with E-state index in [2.05, 4.69) is 5.10 Å². The zero-order valence-corrected chi connectivity index (χ0v) is 14.7. The minimum absolute atomic E-state index is 0.0199. The van der Waals surface area contributed by atoms with Crippen LogP contribution >= 0.6 is 0 Å². The third-order valence-electron chi connectivity index (χ3n) is 6.05. The lowest BCUT2D eigenvalue weighted by Gasteiger charge is -2.34. The Hall–Kier alpha value is -1.89. The second-order valence-corrected chi connectivity index (χ2v) is 7.36. The van der Waals surface area contributed by atoms with Crippen LogP contribution in [-0.4, -0.2) is 43.8 Å². The molecular formula is C18H25N3O4. The molecule has 1 N–H and O–H groups in total. The summed E-state index contributed by atoms with van der Waals surface area (Å²) in [6.45, 7) is 3.75. The molecule has 2 fully saturated rings. The van der Waals surface area contributed by atoms with Gasteiger partial charge in [-0.05, 0) is 32.6 Å². The normalized spacial score (nSPS) is 24.6. The van der Waals surface area contributed by atoms with Crippen molar-refractivity contribution in [2.75, 3.05) is 6.54 Å². The molecule has 136 valence electrons. The zero-order valence-electron chi connectivity index (χ0n) is 14.7. The average molecular weight is 347 g/mol. The van der Waals surface area contributed by atoms with Gasteiger partial charge in [-0.25, -0.2) is 0 Å². The molecule has 0 bridgehead atoms. The summed E-state index contributed by atoms with van der Waals surface area (Å²) >= 11 is 0. The van der Waals surface area contributed by atoms with Crippen LogP contribution < -0.4 is 0 Å². The van der Waals surface area contributed by atoms with Gasteiger partial charge in [-0.1, -0.05) is 0 Å². The Kier molecular flexibility index (Phi) is 4.06. The molecule has 1 amide bonds. The molecule has 0 radical (unpaired) electrons. The van der Waals surface area contributed by atoms with E-state index in [0.717, 1.165) is 49.9 Å². The second-order valence-electron chi connectivity index (χ2n) is 7.36. The van der Waals surface area contributed by atoms with E-state index in [9.17, 15) is 14.7 Å². The van der Waals surface area contributed by atoms with Crippen LogP contribution in [0.2, 0.25) is 0 Å². The van der Waals surface area contributed by atoms with Crippen molar-refractivity contribution in [3.8, 4) is 0 Å². The summed E-state index contributed by atoms with van der Waals surface area (Å²) in [5, 5.41) is 14.1. The van der Waals surface area contributed by atoms with Crippen molar-refractivity contribution in [2.45, 2.75) is 70.7 Å². The lowest BCUT2D eigenvalue weighted by molar-refractivity contribution is -0.152. The van der Waals surface area contributed by atoms with Crippen LogP contribution in [0.4, 0.5) is 0 Å². The summed E-state index contributed by atoms with van der Waals surface area (Å²) in [5.41, 5.74) is 2.17. The highest BCUT2D eigenvalue weighted by atomic mass is 16.6. The van der Waals surface area contributed by atoms with Crippen LogP contribution in [-0.2, 0) is 40.4 Å². The van der Waals surface area contributed by atoms with Gasteiger partial charge in [0.2, 0.25) is 5.91 Å². The maximum absolute atomic E-state index is 13.2. The maximum Gasteiger partial charge on any atom is 0.307 e. The molecule has 2 aliphatic heterocycles. The minimum Gasteiger partial charge on any atom is -0.458 e. The monoisotopic (exact) mass is 347 g/mol. The van der Waals surface area contributed by atoms with Gasteiger partial charge < -0.3 is 14.7 Å². The maximum atomic E-state index is 13.2. The fraction of sp³-hybridized carbons (Fsp3) is 0.722. The highest BCUT2D eigenvalue weighted by Crippen LogP contribution is 2.46. The predicted molar refractivity (Wildman–Crippen MR) is 88.3 cm³/mol. The minimum atomic E-state index is -0.568. The van der Waals surface area contributed by atoms with E-state index in [1.807, 2.05) is 16.5 Å². The molecule has 0 aromatic carbocycles. The predicted octanol–water partition coefficient (Wildman–Crippen LogP) is 1.16. The highest BCUT2D eigenvalue weighted by Gasteiger charge is 2.55. The molecule has 1 aliphatic carbocycles. The third kappa shape index (κ3) is 2.56. The van der Waals surface area contributed by atoms with E-state index in [4.69, 9.17) is 4.74 Å². The number of carbonyl (C=O) groups excluding carboxylic acids is 2. The van der Waals surface area contributed by atoms with Crippen LogP contribution in [0.5, 0.6) is 0 Å². The largest absolute Gasteiger partial charge is 0.458 e. The molecule has 1 spiro atoms. The lowest BCUT2D eigenvalue weighted by Crippen LogP contribution is -2.46. The summed E-state index contributed by atoms with van der Waals surface area (Å²) in [5.74, 6) is -0.581. The lowest BCUT2D eigenvalue weighted by atomic mass is 9.84. The number of aryl methyl sites for hydroxylation is 1. The first-order valence-corrected chi connectivity index (χ1v) is 9.27. The third-order valence-corrected chi connectivity index (χ3v) is 6.05. The molecule has 1 saturated carbocycles. The van der Waals surface area contributed by atoms with E-state index in [0.29, 0.717) is 18.8 Å². The molecule has 1 saturated heterocycles. The van der Waals surface area contributed by atoms with Crippen molar-refractivity contribution < 1.29 is 19.4 Å². The first-order chi connectivity index (χ1) is 12.1. The quantitative estimate of drug-likeness (QED) is 0.830. The molecule has 3 aliphatic rings. The number of hydrogen-bond donors (Lipinski definition) is 1. The number of nitrogens with zero attached hydrogens (tertiary/aromatic N) is 3. The van der Waals surface area contributed by atoms with E-state index >= 15 is 0 Å². The first-order valence-electron chi connectivity index (χ1n) is 9.27. The van der Waals surface area contributed by atoms with Crippen LogP contribution in [0.3, 0.4) is 0 Å². The molecule has 1 aromatic rings. The van der Waals surface area contributed by atoms with Crippen LogP contribution in [0.25, 0.3) is 0 Å². The Morgan fingerprint density at radius 1 is 1.40 bits per heavy atom. The van der Waals surface area contributed by atoms with Crippen molar-refractivity contribution in [2.24, 2.45) is 5.92 Å². The van der Waals surface area contributed by atoms with Gasteiger partial charge >= 0.3 is 5.97 Å². The van der Waals surface area contributed by atoms with E-state index in [-0.39, 0.29) is 30.8 Å². The SMILES string of the molecule is CCn1nc(CO)c2c1CCN(C(=O)[C@@H]1CC(=O)OC13CCCC3)C2. The summed E-state index contributed by atoms with van der Waals surface area (Å²) < 4.78 is 7.55. The van der Waals surface area contributed by atoms with Gasteiger partial charge in [-0.2, -0.15) is 5.10 Å². The van der Waals surface area contributed by atoms with Crippen molar-refractivity contribution in [1.29, 1.82) is 0 Å². The van der Waals surface area contributed by atoms with Gasteiger partial charge in [0.1, 0.15) is 5.60 Å². The number of fused-ring (bicyclic) bond motifs is 1.